The SMILES string of the molecule is CN(Cc1ccccc1CC(=O)NN)C(C)(C)CO. The van der Waals surface area contributed by atoms with Gasteiger partial charge >= 0.3 is 0 Å². The number of hydrogen-bond acceptors (Lipinski definition) is 4. The van der Waals surface area contributed by atoms with Crippen molar-refractivity contribution in [2.24, 2.45) is 5.84 Å². The molecule has 0 aliphatic heterocycles. The van der Waals surface area contributed by atoms with Crippen LogP contribution in [0.4, 0.5) is 0 Å². The molecule has 0 unspecified atom stereocenters. The summed E-state index contributed by atoms with van der Waals surface area (Å²) in [6, 6.07) is 7.76. The zero-order valence-corrected chi connectivity index (χ0v) is 11.8. The highest BCUT2D eigenvalue weighted by molar-refractivity contribution is 5.78. The van der Waals surface area contributed by atoms with Gasteiger partial charge in [0.05, 0.1) is 13.0 Å². The van der Waals surface area contributed by atoms with Crippen molar-refractivity contribution < 1.29 is 9.90 Å². The van der Waals surface area contributed by atoms with Gasteiger partial charge in [-0.2, -0.15) is 0 Å². The van der Waals surface area contributed by atoms with Gasteiger partial charge in [0.25, 0.3) is 0 Å². The lowest BCUT2D eigenvalue weighted by molar-refractivity contribution is -0.120. The number of nitrogens with zero attached hydrogens (tertiary/aromatic N) is 1. The minimum atomic E-state index is -0.302. The number of carbonyl (C=O) groups is 1. The van der Waals surface area contributed by atoms with Crippen molar-refractivity contribution in [3.8, 4) is 0 Å². The fraction of sp³-hybridized carbons (Fsp3) is 0.500. The zero-order chi connectivity index (χ0) is 14.5. The molecule has 19 heavy (non-hydrogen) atoms. The minimum Gasteiger partial charge on any atom is -0.394 e. The Morgan fingerprint density at radius 3 is 2.47 bits per heavy atom. The third kappa shape index (κ3) is 4.31. The van der Waals surface area contributed by atoms with E-state index in [0.29, 0.717) is 6.54 Å². The summed E-state index contributed by atoms with van der Waals surface area (Å²) in [7, 11) is 1.95. The number of rotatable bonds is 6. The molecule has 1 amide bonds. The number of carbonyl (C=O) groups excluding carboxylic acids is 1. The van der Waals surface area contributed by atoms with Crippen LogP contribution in [0.2, 0.25) is 0 Å². The number of likely N-dealkylation sites (N-methyl/N-ethyl adjacent to an activating group) is 1. The van der Waals surface area contributed by atoms with E-state index in [2.05, 4.69) is 10.3 Å². The van der Waals surface area contributed by atoms with Gasteiger partial charge in [0.1, 0.15) is 0 Å². The summed E-state index contributed by atoms with van der Waals surface area (Å²) in [6.07, 6.45) is 0.264. The first-order chi connectivity index (χ1) is 8.90. The van der Waals surface area contributed by atoms with E-state index in [9.17, 15) is 9.90 Å². The Labute approximate surface area is 114 Å². The fourth-order valence-electron chi connectivity index (χ4n) is 1.70. The van der Waals surface area contributed by atoms with Crippen LogP contribution in [0.1, 0.15) is 25.0 Å². The average molecular weight is 265 g/mol. The smallest absolute Gasteiger partial charge is 0.238 e. The molecule has 0 saturated heterocycles. The van der Waals surface area contributed by atoms with Crippen molar-refractivity contribution in [1.29, 1.82) is 0 Å². The van der Waals surface area contributed by atoms with E-state index in [1.54, 1.807) is 0 Å². The molecule has 5 heteroatoms. The molecular formula is C14H23N3O2. The number of aliphatic hydroxyl groups excluding tert-OH is 1. The number of hydrazine groups is 1. The quantitative estimate of drug-likeness (QED) is 0.396. The molecule has 1 rings (SSSR count). The van der Waals surface area contributed by atoms with Gasteiger partial charge < -0.3 is 5.11 Å². The predicted octanol–water partition coefficient (Wildman–Crippen LogP) is 0.422. The third-order valence-electron chi connectivity index (χ3n) is 3.46. The van der Waals surface area contributed by atoms with Crippen molar-refractivity contribution >= 4 is 5.91 Å². The average Bonchev–Trinajstić information content (AvgIpc) is 2.40. The van der Waals surface area contributed by atoms with Gasteiger partial charge in [0.15, 0.2) is 0 Å². The van der Waals surface area contributed by atoms with Crippen LogP contribution in [-0.4, -0.2) is 35.1 Å². The zero-order valence-electron chi connectivity index (χ0n) is 11.8. The van der Waals surface area contributed by atoms with Crippen LogP contribution in [0.15, 0.2) is 24.3 Å². The second kappa shape index (κ2) is 6.65. The Balaban J connectivity index is 2.86. The summed E-state index contributed by atoms with van der Waals surface area (Å²) in [5.41, 5.74) is 3.86. The molecule has 4 N–H and O–H groups in total. The Kier molecular flexibility index (Phi) is 5.47. The lowest BCUT2D eigenvalue weighted by Gasteiger charge is -2.34. The van der Waals surface area contributed by atoms with E-state index >= 15 is 0 Å². The van der Waals surface area contributed by atoms with Gasteiger partial charge in [-0.1, -0.05) is 24.3 Å². The Bertz CT molecular complexity index is 432. The predicted molar refractivity (Wildman–Crippen MR) is 75.1 cm³/mol. The molecule has 106 valence electrons. The fourth-order valence-corrected chi connectivity index (χ4v) is 1.70. The molecule has 0 atom stereocenters. The maximum absolute atomic E-state index is 11.4. The summed E-state index contributed by atoms with van der Waals surface area (Å²) in [6.45, 7) is 4.70. The molecule has 0 bridgehead atoms. The van der Waals surface area contributed by atoms with Crippen LogP contribution in [0.3, 0.4) is 0 Å². The lowest BCUT2D eigenvalue weighted by Crippen LogP contribution is -2.43. The molecule has 5 nitrogen and oxygen atoms in total. The molecule has 0 heterocycles. The van der Waals surface area contributed by atoms with Crippen molar-refractivity contribution in [3.63, 3.8) is 0 Å². The van der Waals surface area contributed by atoms with Crippen molar-refractivity contribution in [2.45, 2.75) is 32.4 Å². The first-order valence-electron chi connectivity index (χ1n) is 6.29. The van der Waals surface area contributed by atoms with Crippen molar-refractivity contribution in [2.75, 3.05) is 13.7 Å². The second-order valence-electron chi connectivity index (χ2n) is 5.34. The number of hydrogen-bond donors (Lipinski definition) is 3. The summed E-state index contributed by atoms with van der Waals surface area (Å²) in [5.74, 6) is 4.91. The van der Waals surface area contributed by atoms with Crippen LogP contribution >= 0.6 is 0 Å². The largest absolute Gasteiger partial charge is 0.394 e. The number of amides is 1. The normalized spacial score (nSPS) is 11.7. The van der Waals surface area contributed by atoms with Crippen LogP contribution in [0.5, 0.6) is 0 Å². The van der Waals surface area contributed by atoms with E-state index < -0.39 is 0 Å². The van der Waals surface area contributed by atoms with Crippen LogP contribution < -0.4 is 11.3 Å². The van der Waals surface area contributed by atoms with Gasteiger partial charge in [-0.15, -0.1) is 0 Å². The van der Waals surface area contributed by atoms with Crippen molar-refractivity contribution in [3.05, 3.63) is 35.4 Å². The van der Waals surface area contributed by atoms with Crippen molar-refractivity contribution in [1.82, 2.24) is 10.3 Å². The first-order valence-corrected chi connectivity index (χ1v) is 6.29. The molecule has 0 aliphatic rings. The standard InChI is InChI=1S/C14H23N3O2/c1-14(2,10-18)17(3)9-12-7-5-4-6-11(12)8-13(19)16-15/h4-7,18H,8-10,15H2,1-3H3,(H,16,19). The number of nitrogens with two attached hydrogens (primary N) is 1. The number of aliphatic hydroxyl groups is 1. The van der Waals surface area contributed by atoms with Gasteiger partial charge in [-0.3, -0.25) is 15.1 Å². The van der Waals surface area contributed by atoms with Crippen LogP contribution in [0.25, 0.3) is 0 Å². The molecule has 0 radical (unpaired) electrons. The summed E-state index contributed by atoms with van der Waals surface area (Å²) in [4.78, 5) is 13.4. The van der Waals surface area contributed by atoms with Gasteiger partial charge in [0.2, 0.25) is 5.91 Å². The molecule has 0 saturated carbocycles. The Morgan fingerprint density at radius 2 is 1.95 bits per heavy atom. The monoisotopic (exact) mass is 265 g/mol. The Hall–Kier alpha value is -1.43. The molecular weight excluding hydrogens is 242 g/mol. The van der Waals surface area contributed by atoms with E-state index in [4.69, 9.17) is 5.84 Å². The third-order valence-corrected chi connectivity index (χ3v) is 3.46. The summed E-state index contributed by atoms with van der Waals surface area (Å²) in [5, 5.41) is 9.37. The topological polar surface area (TPSA) is 78.6 Å². The highest BCUT2D eigenvalue weighted by atomic mass is 16.3. The molecule has 0 fully saturated rings. The highest BCUT2D eigenvalue weighted by Crippen LogP contribution is 2.18. The lowest BCUT2D eigenvalue weighted by atomic mass is 10.00. The van der Waals surface area contributed by atoms with Gasteiger partial charge in [-0.05, 0) is 32.0 Å². The molecule has 0 aromatic heterocycles. The second-order valence-corrected chi connectivity index (χ2v) is 5.34. The Morgan fingerprint density at radius 1 is 1.37 bits per heavy atom. The summed E-state index contributed by atoms with van der Waals surface area (Å²) < 4.78 is 0. The van der Waals surface area contributed by atoms with Crippen LogP contribution in [0, 0.1) is 0 Å². The molecule has 0 aliphatic carbocycles. The first kappa shape index (κ1) is 15.6. The van der Waals surface area contributed by atoms with E-state index in [-0.39, 0.29) is 24.5 Å². The maximum Gasteiger partial charge on any atom is 0.238 e. The number of nitrogens with one attached hydrogen (secondary N) is 1. The molecule has 1 aromatic rings. The maximum atomic E-state index is 11.4. The van der Waals surface area contributed by atoms with Gasteiger partial charge in [-0.25, -0.2) is 5.84 Å². The van der Waals surface area contributed by atoms with E-state index in [1.807, 2.05) is 45.2 Å². The van der Waals surface area contributed by atoms with E-state index in [0.717, 1.165) is 11.1 Å². The molecule has 1 aromatic carbocycles. The number of benzene rings is 1. The highest BCUT2D eigenvalue weighted by Gasteiger charge is 2.23. The van der Waals surface area contributed by atoms with Gasteiger partial charge in [0, 0.05) is 12.1 Å². The molecule has 0 spiro atoms. The minimum absolute atomic E-state index is 0.0783. The van der Waals surface area contributed by atoms with Crippen LogP contribution in [-0.2, 0) is 17.8 Å². The summed E-state index contributed by atoms with van der Waals surface area (Å²) >= 11 is 0. The van der Waals surface area contributed by atoms with E-state index in [1.165, 1.54) is 0 Å².